The number of hydrogen-bond acceptors (Lipinski definition) is 3. The predicted molar refractivity (Wildman–Crippen MR) is 89.6 cm³/mol. The molecule has 2 rings (SSSR count). The SMILES string of the molecule is CSc1cccc(NC(=O)CN(C)Cc2ccccc2F)c1. The Morgan fingerprint density at radius 3 is 2.73 bits per heavy atom. The summed E-state index contributed by atoms with van der Waals surface area (Å²) in [4.78, 5) is 14.9. The Morgan fingerprint density at radius 1 is 1.23 bits per heavy atom. The number of halogens is 1. The Kier molecular flexibility index (Phi) is 5.98. The Balaban J connectivity index is 1.90. The van der Waals surface area contributed by atoms with Crippen molar-refractivity contribution < 1.29 is 9.18 Å². The van der Waals surface area contributed by atoms with Crippen LogP contribution in [0.4, 0.5) is 10.1 Å². The van der Waals surface area contributed by atoms with Gasteiger partial charge in [0.1, 0.15) is 5.82 Å². The van der Waals surface area contributed by atoms with Gasteiger partial charge in [0, 0.05) is 22.7 Å². The van der Waals surface area contributed by atoms with E-state index in [9.17, 15) is 9.18 Å². The third-order valence-corrected chi connectivity index (χ3v) is 3.89. The zero-order chi connectivity index (χ0) is 15.9. The van der Waals surface area contributed by atoms with Crippen LogP contribution in [0.1, 0.15) is 5.56 Å². The highest BCUT2D eigenvalue weighted by Crippen LogP contribution is 2.19. The molecule has 1 amide bonds. The van der Waals surface area contributed by atoms with Crippen LogP contribution in [0.15, 0.2) is 53.4 Å². The van der Waals surface area contributed by atoms with Crippen LogP contribution in [0.2, 0.25) is 0 Å². The maximum atomic E-state index is 13.6. The Labute approximate surface area is 134 Å². The lowest BCUT2D eigenvalue weighted by molar-refractivity contribution is -0.117. The van der Waals surface area contributed by atoms with Crippen LogP contribution in [0, 0.1) is 5.82 Å². The van der Waals surface area contributed by atoms with Crippen LogP contribution in [-0.2, 0) is 11.3 Å². The number of amides is 1. The fourth-order valence-corrected chi connectivity index (χ4v) is 2.58. The van der Waals surface area contributed by atoms with Crippen molar-refractivity contribution in [2.45, 2.75) is 11.4 Å². The molecule has 5 heteroatoms. The predicted octanol–water partition coefficient (Wildman–Crippen LogP) is 3.62. The van der Waals surface area contributed by atoms with E-state index >= 15 is 0 Å². The van der Waals surface area contributed by atoms with Gasteiger partial charge in [-0.1, -0.05) is 24.3 Å². The Morgan fingerprint density at radius 2 is 2.00 bits per heavy atom. The zero-order valence-corrected chi connectivity index (χ0v) is 13.5. The highest BCUT2D eigenvalue weighted by Gasteiger charge is 2.10. The largest absolute Gasteiger partial charge is 0.325 e. The first-order valence-electron chi connectivity index (χ1n) is 6.94. The summed E-state index contributed by atoms with van der Waals surface area (Å²) in [5.41, 5.74) is 1.36. The summed E-state index contributed by atoms with van der Waals surface area (Å²) in [6.07, 6.45) is 1.99. The molecule has 0 radical (unpaired) electrons. The topological polar surface area (TPSA) is 32.3 Å². The maximum absolute atomic E-state index is 13.6. The van der Waals surface area contributed by atoms with Gasteiger partial charge in [-0.05, 0) is 37.6 Å². The second-order valence-electron chi connectivity index (χ2n) is 5.04. The molecule has 22 heavy (non-hydrogen) atoms. The van der Waals surface area contributed by atoms with Gasteiger partial charge in [0.05, 0.1) is 6.54 Å². The molecule has 0 aliphatic rings. The summed E-state index contributed by atoms with van der Waals surface area (Å²) in [6.45, 7) is 0.600. The van der Waals surface area contributed by atoms with Crippen molar-refractivity contribution in [3.8, 4) is 0 Å². The quantitative estimate of drug-likeness (QED) is 0.826. The van der Waals surface area contributed by atoms with Crippen LogP contribution >= 0.6 is 11.8 Å². The zero-order valence-electron chi connectivity index (χ0n) is 12.7. The normalized spacial score (nSPS) is 10.7. The van der Waals surface area contributed by atoms with Crippen LogP contribution < -0.4 is 5.32 Å². The van der Waals surface area contributed by atoms with Gasteiger partial charge in [-0.3, -0.25) is 9.69 Å². The molecular weight excluding hydrogens is 299 g/mol. The molecule has 2 aromatic carbocycles. The van der Waals surface area contributed by atoms with E-state index in [-0.39, 0.29) is 18.3 Å². The number of benzene rings is 2. The first kappa shape index (κ1) is 16.5. The Bertz CT molecular complexity index is 648. The molecule has 1 N–H and O–H groups in total. The number of thioether (sulfide) groups is 1. The summed E-state index contributed by atoms with van der Waals surface area (Å²) in [7, 11) is 1.80. The molecule has 0 saturated heterocycles. The second kappa shape index (κ2) is 7.96. The third kappa shape index (κ3) is 4.86. The minimum atomic E-state index is -0.248. The van der Waals surface area contributed by atoms with E-state index in [2.05, 4.69) is 5.32 Å². The molecule has 0 heterocycles. The maximum Gasteiger partial charge on any atom is 0.238 e. The number of carbonyl (C=O) groups is 1. The number of carbonyl (C=O) groups excluding carboxylic acids is 1. The van der Waals surface area contributed by atoms with Crippen molar-refractivity contribution in [3.05, 3.63) is 59.9 Å². The number of nitrogens with zero attached hydrogens (tertiary/aromatic N) is 1. The van der Waals surface area contributed by atoms with E-state index in [1.54, 1.807) is 41.9 Å². The average Bonchev–Trinajstić information content (AvgIpc) is 2.49. The molecule has 3 nitrogen and oxygen atoms in total. The molecule has 0 aliphatic heterocycles. The van der Waals surface area contributed by atoms with Gasteiger partial charge < -0.3 is 5.32 Å². The number of rotatable bonds is 6. The summed E-state index contributed by atoms with van der Waals surface area (Å²) in [6, 6.07) is 14.3. The van der Waals surface area contributed by atoms with Gasteiger partial charge >= 0.3 is 0 Å². The van der Waals surface area contributed by atoms with E-state index in [0.717, 1.165) is 10.6 Å². The number of hydrogen-bond donors (Lipinski definition) is 1. The van der Waals surface area contributed by atoms with E-state index in [1.807, 2.05) is 30.5 Å². The summed E-state index contributed by atoms with van der Waals surface area (Å²) in [5.74, 6) is -0.362. The first-order valence-corrected chi connectivity index (χ1v) is 8.17. The highest BCUT2D eigenvalue weighted by molar-refractivity contribution is 7.98. The van der Waals surface area contributed by atoms with Gasteiger partial charge in [0.15, 0.2) is 0 Å². The fourth-order valence-electron chi connectivity index (χ4n) is 2.12. The van der Waals surface area contributed by atoms with Crippen LogP contribution in [0.25, 0.3) is 0 Å². The lowest BCUT2D eigenvalue weighted by Crippen LogP contribution is -2.30. The van der Waals surface area contributed by atoms with Crippen molar-refractivity contribution in [2.24, 2.45) is 0 Å². The molecule has 2 aromatic rings. The molecule has 0 saturated carbocycles. The summed E-state index contributed by atoms with van der Waals surface area (Å²) < 4.78 is 13.6. The van der Waals surface area contributed by atoms with Gasteiger partial charge in [-0.2, -0.15) is 0 Å². The standard InChI is InChI=1S/C17H19FN2OS/c1-20(11-13-6-3-4-9-16(13)18)12-17(21)19-14-7-5-8-15(10-14)22-2/h3-10H,11-12H2,1-2H3,(H,19,21). The molecule has 0 aromatic heterocycles. The minimum absolute atomic E-state index is 0.114. The third-order valence-electron chi connectivity index (χ3n) is 3.17. The van der Waals surface area contributed by atoms with Gasteiger partial charge in [-0.25, -0.2) is 4.39 Å². The molecule has 0 fully saturated rings. The van der Waals surface area contributed by atoms with E-state index in [4.69, 9.17) is 0 Å². The molecular formula is C17H19FN2OS. The van der Waals surface area contributed by atoms with Crippen molar-refractivity contribution in [1.29, 1.82) is 0 Å². The molecule has 0 atom stereocenters. The fraction of sp³-hybridized carbons (Fsp3) is 0.235. The van der Waals surface area contributed by atoms with E-state index in [0.29, 0.717) is 12.1 Å². The number of anilines is 1. The van der Waals surface area contributed by atoms with Crippen molar-refractivity contribution >= 4 is 23.4 Å². The number of nitrogens with one attached hydrogen (secondary N) is 1. The van der Waals surface area contributed by atoms with Gasteiger partial charge in [-0.15, -0.1) is 11.8 Å². The van der Waals surface area contributed by atoms with Crippen LogP contribution in [-0.4, -0.2) is 30.7 Å². The van der Waals surface area contributed by atoms with E-state index < -0.39 is 0 Å². The molecule has 116 valence electrons. The lowest BCUT2D eigenvalue weighted by atomic mass is 10.2. The number of likely N-dealkylation sites (N-methyl/N-ethyl adjacent to an activating group) is 1. The molecule has 0 unspecified atom stereocenters. The van der Waals surface area contributed by atoms with Crippen LogP contribution in [0.5, 0.6) is 0 Å². The summed E-state index contributed by atoms with van der Waals surface area (Å²) in [5, 5.41) is 2.86. The lowest BCUT2D eigenvalue weighted by Gasteiger charge is -2.17. The molecule has 0 aliphatic carbocycles. The van der Waals surface area contributed by atoms with Crippen molar-refractivity contribution in [1.82, 2.24) is 4.90 Å². The van der Waals surface area contributed by atoms with Gasteiger partial charge in [0.25, 0.3) is 0 Å². The highest BCUT2D eigenvalue weighted by atomic mass is 32.2. The van der Waals surface area contributed by atoms with Gasteiger partial charge in [0.2, 0.25) is 5.91 Å². The first-order chi connectivity index (χ1) is 10.6. The molecule has 0 bridgehead atoms. The minimum Gasteiger partial charge on any atom is -0.325 e. The second-order valence-corrected chi connectivity index (χ2v) is 5.92. The van der Waals surface area contributed by atoms with Crippen molar-refractivity contribution in [3.63, 3.8) is 0 Å². The average molecular weight is 318 g/mol. The van der Waals surface area contributed by atoms with E-state index in [1.165, 1.54) is 6.07 Å². The summed E-state index contributed by atoms with van der Waals surface area (Å²) >= 11 is 1.62. The van der Waals surface area contributed by atoms with Crippen LogP contribution in [0.3, 0.4) is 0 Å². The smallest absolute Gasteiger partial charge is 0.238 e. The van der Waals surface area contributed by atoms with Crippen molar-refractivity contribution in [2.75, 3.05) is 25.2 Å². The Hall–Kier alpha value is -1.85. The molecule has 0 spiro atoms. The monoisotopic (exact) mass is 318 g/mol.